The van der Waals surface area contributed by atoms with E-state index in [9.17, 15) is 0 Å². The lowest BCUT2D eigenvalue weighted by atomic mass is 10.0. The van der Waals surface area contributed by atoms with E-state index in [0.717, 1.165) is 22.3 Å². The molecular formula is C16H15N3. The highest BCUT2D eigenvalue weighted by Crippen LogP contribution is 2.30. The molecule has 0 spiro atoms. The summed E-state index contributed by atoms with van der Waals surface area (Å²) in [7, 11) is 4.03. The van der Waals surface area contributed by atoms with Crippen molar-refractivity contribution in [1.82, 2.24) is 9.97 Å². The molecule has 2 heterocycles. The lowest BCUT2D eigenvalue weighted by molar-refractivity contribution is 1.08. The first-order chi connectivity index (χ1) is 9.25. The second-order valence-corrected chi connectivity index (χ2v) is 4.69. The zero-order valence-electron chi connectivity index (χ0n) is 11.0. The minimum Gasteiger partial charge on any atom is -0.362 e. The van der Waals surface area contributed by atoms with E-state index in [1.165, 1.54) is 5.56 Å². The van der Waals surface area contributed by atoms with Crippen LogP contribution in [0.15, 0.2) is 54.9 Å². The largest absolute Gasteiger partial charge is 0.362 e. The summed E-state index contributed by atoms with van der Waals surface area (Å²) in [4.78, 5) is 10.9. The molecule has 0 aliphatic heterocycles. The molecule has 0 saturated carbocycles. The molecule has 3 aromatic rings. The summed E-state index contributed by atoms with van der Waals surface area (Å²) in [5, 5.41) is 1.06. The number of fused-ring (bicyclic) bond motifs is 1. The third-order valence-electron chi connectivity index (χ3n) is 3.10. The minimum atomic E-state index is 0.971. The Hall–Kier alpha value is -2.42. The van der Waals surface area contributed by atoms with Crippen molar-refractivity contribution in [3.63, 3.8) is 0 Å². The number of aromatic nitrogens is 2. The van der Waals surface area contributed by atoms with Crippen molar-refractivity contribution < 1.29 is 0 Å². The van der Waals surface area contributed by atoms with Gasteiger partial charge in [0, 0.05) is 37.4 Å². The summed E-state index contributed by atoms with van der Waals surface area (Å²) in [6.07, 6.45) is 3.63. The first-order valence-electron chi connectivity index (χ1n) is 6.23. The minimum absolute atomic E-state index is 0.971. The van der Waals surface area contributed by atoms with Gasteiger partial charge in [-0.15, -0.1) is 0 Å². The van der Waals surface area contributed by atoms with Crippen LogP contribution in [-0.2, 0) is 0 Å². The maximum atomic E-state index is 4.74. The smallest absolute Gasteiger partial charge is 0.136 e. The zero-order chi connectivity index (χ0) is 13.2. The van der Waals surface area contributed by atoms with E-state index < -0.39 is 0 Å². The Kier molecular flexibility index (Phi) is 2.88. The van der Waals surface area contributed by atoms with Gasteiger partial charge in [-0.2, -0.15) is 0 Å². The molecule has 94 valence electrons. The van der Waals surface area contributed by atoms with Crippen LogP contribution < -0.4 is 4.90 Å². The summed E-state index contributed by atoms with van der Waals surface area (Å²) in [6.45, 7) is 0. The Bertz CT molecular complexity index is 706. The number of hydrogen-bond acceptors (Lipinski definition) is 3. The number of benzene rings is 1. The highest BCUT2D eigenvalue weighted by molar-refractivity contribution is 5.89. The van der Waals surface area contributed by atoms with E-state index in [0.29, 0.717) is 0 Å². The molecule has 0 fully saturated rings. The zero-order valence-corrected chi connectivity index (χ0v) is 11.0. The molecule has 0 atom stereocenters. The van der Waals surface area contributed by atoms with Crippen molar-refractivity contribution in [3.05, 3.63) is 54.9 Å². The van der Waals surface area contributed by atoms with Crippen molar-refractivity contribution in [3.8, 4) is 11.1 Å². The van der Waals surface area contributed by atoms with Gasteiger partial charge in [0.1, 0.15) is 5.82 Å². The number of nitrogens with zero attached hydrogens (tertiary/aromatic N) is 3. The summed E-state index contributed by atoms with van der Waals surface area (Å²) in [5.41, 5.74) is 3.27. The maximum Gasteiger partial charge on any atom is 0.136 e. The third kappa shape index (κ3) is 2.15. The average molecular weight is 249 g/mol. The predicted molar refractivity (Wildman–Crippen MR) is 79.3 cm³/mol. The summed E-state index contributed by atoms with van der Waals surface area (Å²) in [6, 6.07) is 14.4. The Morgan fingerprint density at radius 1 is 1.00 bits per heavy atom. The molecule has 0 radical (unpaired) electrons. The molecular weight excluding hydrogens is 234 g/mol. The molecule has 0 N–H and O–H groups in total. The predicted octanol–water partition coefficient (Wildman–Crippen LogP) is 3.36. The van der Waals surface area contributed by atoms with Gasteiger partial charge in [-0.1, -0.05) is 30.3 Å². The van der Waals surface area contributed by atoms with E-state index in [2.05, 4.69) is 23.2 Å². The van der Waals surface area contributed by atoms with Gasteiger partial charge in [0.2, 0.25) is 0 Å². The molecule has 3 heteroatoms. The van der Waals surface area contributed by atoms with Gasteiger partial charge >= 0.3 is 0 Å². The standard InChI is InChI=1S/C16H15N3/c1-19(2)16-14(12-6-4-3-5-7-12)10-13-11-17-9-8-15(13)18-16/h3-11H,1-2H3. The van der Waals surface area contributed by atoms with Crippen molar-refractivity contribution in [2.45, 2.75) is 0 Å². The van der Waals surface area contributed by atoms with Gasteiger partial charge < -0.3 is 4.90 Å². The fourth-order valence-corrected chi connectivity index (χ4v) is 2.18. The molecule has 0 aliphatic rings. The molecule has 19 heavy (non-hydrogen) atoms. The van der Waals surface area contributed by atoms with E-state index >= 15 is 0 Å². The monoisotopic (exact) mass is 249 g/mol. The summed E-state index contributed by atoms with van der Waals surface area (Å²) >= 11 is 0. The topological polar surface area (TPSA) is 29.0 Å². The Morgan fingerprint density at radius 3 is 2.53 bits per heavy atom. The van der Waals surface area contributed by atoms with Gasteiger partial charge in [-0.25, -0.2) is 4.98 Å². The fraction of sp³-hybridized carbons (Fsp3) is 0.125. The third-order valence-corrected chi connectivity index (χ3v) is 3.10. The van der Waals surface area contributed by atoms with Gasteiger partial charge in [0.05, 0.1) is 5.52 Å². The quantitative estimate of drug-likeness (QED) is 0.697. The van der Waals surface area contributed by atoms with Crippen LogP contribution in [0.3, 0.4) is 0 Å². The molecule has 0 amide bonds. The van der Waals surface area contributed by atoms with Crippen LogP contribution in [0.4, 0.5) is 5.82 Å². The van der Waals surface area contributed by atoms with E-state index in [1.807, 2.05) is 49.5 Å². The lowest BCUT2D eigenvalue weighted by Crippen LogP contribution is -2.12. The van der Waals surface area contributed by atoms with Crippen LogP contribution in [0.1, 0.15) is 0 Å². The van der Waals surface area contributed by atoms with Crippen molar-refractivity contribution in [2.75, 3.05) is 19.0 Å². The van der Waals surface area contributed by atoms with E-state index in [4.69, 9.17) is 4.98 Å². The van der Waals surface area contributed by atoms with Crippen molar-refractivity contribution in [1.29, 1.82) is 0 Å². The molecule has 0 bridgehead atoms. The number of hydrogen-bond donors (Lipinski definition) is 0. The number of anilines is 1. The first-order valence-corrected chi connectivity index (χ1v) is 6.23. The van der Waals surface area contributed by atoms with Crippen LogP contribution in [0, 0.1) is 0 Å². The molecule has 2 aromatic heterocycles. The first kappa shape index (κ1) is 11.7. The molecule has 3 rings (SSSR count). The SMILES string of the molecule is CN(C)c1nc2ccncc2cc1-c1ccccc1. The summed E-state index contributed by atoms with van der Waals surface area (Å²) < 4.78 is 0. The molecule has 1 aromatic carbocycles. The number of pyridine rings is 2. The van der Waals surface area contributed by atoms with Crippen LogP contribution in [-0.4, -0.2) is 24.1 Å². The maximum absolute atomic E-state index is 4.74. The van der Waals surface area contributed by atoms with Gasteiger partial charge in [-0.3, -0.25) is 4.98 Å². The number of rotatable bonds is 2. The van der Waals surface area contributed by atoms with Gasteiger partial charge in [0.15, 0.2) is 0 Å². The van der Waals surface area contributed by atoms with E-state index in [1.54, 1.807) is 6.20 Å². The normalized spacial score (nSPS) is 10.6. The van der Waals surface area contributed by atoms with Crippen LogP contribution in [0.25, 0.3) is 22.0 Å². The molecule has 0 unspecified atom stereocenters. The molecule has 3 nitrogen and oxygen atoms in total. The Balaban J connectivity index is 2.30. The second-order valence-electron chi connectivity index (χ2n) is 4.69. The van der Waals surface area contributed by atoms with Gasteiger partial charge in [0.25, 0.3) is 0 Å². The van der Waals surface area contributed by atoms with Crippen molar-refractivity contribution >= 4 is 16.7 Å². The van der Waals surface area contributed by atoms with E-state index in [-0.39, 0.29) is 0 Å². The Labute approximate surface area is 112 Å². The lowest BCUT2D eigenvalue weighted by Gasteiger charge is -2.17. The van der Waals surface area contributed by atoms with Crippen LogP contribution >= 0.6 is 0 Å². The highest BCUT2D eigenvalue weighted by atomic mass is 15.1. The summed E-state index contributed by atoms with van der Waals surface area (Å²) in [5.74, 6) is 0.977. The van der Waals surface area contributed by atoms with Gasteiger partial charge in [-0.05, 0) is 17.7 Å². The second kappa shape index (κ2) is 4.69. The fourth-order valence-electron chi connectivity index (χ4n) is 2.18. The van der Waals surface area contributed by atoms with Crippen molar-refractivity contribution in [2.24, 2.45) is 0 Å². The molecule has 0 saturated heterocycles. The van der Waals surface area contributed by atoms with Crippen LogP contribution in [0.2, 0.25) is 0 Å². The molecule has 0 aliphatic carbocycles. The Morgan fingerprint density at radius 2 is 1.79 bits per heavy atom. The van der Waals surface area contributed by atoms with Crippen LogP contribution in [0.5, 0.6) is 0 Å². The average Bonchev–Trinajstić information content (AvgIpc) is 2.46. The highest BCUT2D eigenvalue weighted by Gasteiger charge is 2.10.